The lowest BCUT2D eigenvalue weighted by molar-refractivity contribution is -0.167. The van der Waals surface area contributed by atoms with Crippen LogP contribution in [0.3, 0.4) is 0 Å². The van der Waals surface area contributed by atoms with Gasteiger partial charge in [-0.3, -0.25) is 9.59 Å². The molecule has 0 aliphatic carbocycles. The number of carbonyl (C=O) groups is 2. The first-order chi connectivity index (χ1) is 11.7. The Morgan fingerprint density at radius 1 is 1.20 bits per heavy atom. The summed E-state index contributed by atoms with van der Waals surface area (Å²) in [5, 5.41) is 2.37. The second-order valence-corrected chi connectivity index (χ2v) is 5.15. The Labute approximate surface area is 138 Å². The van der Waals surface area contributed by atoms with Gasteiger partial charge in [0.25, 0.3) is 0 Å². The number of benzene rings is 2. The summed E-state index contributed by atoms with van der Waals surface area (Å²) in [5.74, 6) is -2.51. The van der Waals surface area contributed by atoms with E-state index in [1.54, 1.807) is 5.32 Å². The fourth-order valence-corrected chi connectivity index (χ4v) is 2.50. The number of anilines is 1. The molecule has 0 aliphatic heterocycles. The molecular weight excluding hydrogens is 341 g/mol. The van der Waals surface area contributed by atoms with E-state index < -0.39 is 18.0 Å². The average Bonchev–Trinajstić information content (AvgIpc) is 2.91. The Hall–Kier alpha value is -3.23. The molecule has 3 aromatic rings. The van der Waals surface area contributed by atoms with Crippen LogP contribution in [0.1, 0.15) is 10.4 Å². The highest BCUT2D eigenvalue weighted by Gasteiger charge is 2.38. The number of methoxy groups -OCH3 is 1. The molecule has 9 heteroatoms. The van der Waals surface area contributed by atoms with Crippen molar-refractivity contribution in [1.29, 1.82) is 0 Å². The van der Waals surface area contributed by atoms with E-state index in [1.165, 1.54) is 37.4 Å². The molecule has 0 atom stereocenters. The molecule has 0 saturated heterocycles. The fraction of sp³-hybridized carbons (Fsp3) is 0.125. The minimum atomic E-state index is -5.02. The quantitative estimate of drug-likeness (QED) is 0.757. The minimum Gasteiger partial charge on any atom is -0.493 e. The van der Waals surface area contributed by atoms with Crippen molar-refractivity contribution < 1.29 is 31.9 Å². The summed E-state index contributed by atoms with van der Waals surface area (Å²) in [6.07, 6.45) is -5.02. The number of halogens is 3. The third kappa shape index (κ3) is 2.84. The number of hydrogen-bond acceptors (Lipinski definition) is 4. The number of rotatable bonds is 3. The molecule has 0 unspecified atom stereocenters. The molecule has 1 heterocycles. The molecule has 0 bridgehead atoms. The molecule has 130 valence electrons. The zero-order valence-electron chi connectivity index (χ0n) is 12.7. The average molecular weight is 352 g/mol. The van der Waals surface area contributed by atoms with Gasteiger partial charge in [-0.15, -0.1) is 0 Å². The number of carbonyl (C=O) groups excluding carboxylic acids is 2. The van der Waals surface area contributed by atoms with E-state index in [0.29, 0.717) is 22.1 Å². The fourth-order valence-electron chi connectivity index (χ4n) is 2.50. The van der Waals surface area contributed by atoms with Crippen molar-refractivity contribution in [3.8, 4) is 5.75 Å². The van der Waals surface area contributed by atoms with Crippen LogP contribution >= 0.6 is 0 Å². The van der Waals surface area contributed by atoms with Crippen molar-refractivity contribution in [1.82, 2.24) is 0 Å². The van der Waals surface area contributed by atoms with E-state index in [2.05, 4.69) is 0 Å². The second-order valence-electron chi connectivity index (χ2n) is 5.15. The van der Waals surface area contributed by atoms with Crippen LogP contribution in [0.4, 0.5) is 18.9 Å². The smallest absolute Gasteiger partial charge is 0.471 e. The van der Waals surface area contributed by atoms with Crippen LogP contribution < -0.4 is 15.8 Å². The predicted molar refractivity (Wildman–Crippen MR) is 83.5 cm³/mol. The zero-order valence-corrected chi connectivity index (χ0v) is 12.7. The molecule has 1 aromatic heterocycles. The normalized spacial score (nSPS) is 11.7. The van der Waals surface area contributed by atoms with E-state index >= 15 is 0 Å². The maximum atomic E-state index is 12.4. The Kier molecular flexibility index (Phi) is 3.78. The first-order valence-corrected chi connectivity index (χ1v) is 6.93. The molecule has 25 heavy (non-hydrogen) atoms. The number of hydrogen-bond donors (Lipinski definition) is 2. The van der Waals surface area contributed by atoms with Crippen molar-refractivity contribution in [2.24, 2.45) is 5.73 Å². The van der Waals surface area contributed by atoms with Crippen molar-refractivity contribution in [3.05, 3.63) is 35.9 Å². The van der Waals surface area contributed by atoms with Gasteiger partial charge in [-0.2, -0.15) is 13.2 Å². The zero-order chi connectivity index (χ0) is 18.4. The van der Waals surface area contributed by atoms with E-state index in [9.17, 15) is 22.8 Å². The number of ether oxygens (including phenoxy) is 1. The van der Waals surface area contributed by atoms with Gasteiger partial charge in [0, 0.05) is 16.5 Å². The second kappa shape index (κ2) is 5.69. The number of primary amides is 1. The highest BCUT2D eigenvalue weighted by atomic mass is 19.4. The number of nitrogens with one attached hydrogen (secondary N) is 1. The van der Waals surface area contributed by atoms with Crippen molar-refractivity contribution in [2.45, 2.75) is 6.18 Å². The standard InChI is InChI=1S/C16H11F3N2O4/c1-24-11-5-3-8(14(20)22)12-9-6-7(21-15(23)16(17,18)19)2-4-10(9)25-13(11)12/h2-6H,1H3,(H2,20,22)(H,21,23). The third-order valence-electron chi connectivity index (χ3n) is 3.58. The lowest BCUT2D eigenvalue weighted by Crippen LogP contribution is -2.29. The largest absolute Gasteiger partial charge is 0.493 e. The Morgan fingerprint density at radius 2 is 1.92 bits per heavy atom. The molecule has 0 radical (unpaired) electrons. The highest BCUT2D eigenvalue weighted by Crippen LogP contribution is 2.38. The van der Waals surface area contributed by atoms with Crippen molar-refractivity contribution in [2.75, 3.05) is 12.4 Å². The van der Waals surface area contributed by atoms with Crippen LogP contribution in [-0.4, -0.2) is 25.1 Å². The number of alkyl halides is 3. The highest BCUT2D eigenvalue weighted by molar-refractivity contribution is 6.18. The molecule has 2 aromatic carbocycles. The van der Waals surface area contributed by atoms with Gasteiger partial charge < -0.3 is 20.2 Å². The lowest BCUT2D eigenvalue weighted by atomic mass is 10.0. The Balaban J connectivity index is 2.23. The molecule has 3 rings (SSSR count). The third-order valence-corrected chi connectivity index (χ3v) is 3.58. The van der Waals surface area contributed by atoms with Crippen LogP contribution in [0, 0.1) is 0 Å². The maximum absolute atomic E-state index is 12.4. The van der Waals surface area contributed by atoms with Gasteiger partial charge >= 0.3 is 12.1 Å². The van der Waals surface area contributed by atoms with E-state index in [-0.39, 0.29) is 16.8 Å². The topological polar surface area (TPSA) is 94.6 Å². The van der Waals surface area contributed by atoms with E-state index in [0.717, 1.165) is 0 Å². The summed E-state index contributed by atoms with van der Waals surface area (Å²) in [5.41, 5.74) is 5.90. The number of fused-ring (bicyclic) bond motifs is 3. The molecule has 0 fully saturated rings. The van der Waals surface area contributed by atoms with Gasteiger partial charge in [0.2, 0.25) is 5.91 Å². The van der Waals surface area contributed by atoms with Crippen LogP contribution in [0.5, 0.6) is 5.75 Å². The molecule has 0 aliphatic rings. The Bertz CT molecular complexity index is 1010. The maximum Gasteiger partial charge on any atom is 0.471 e. The summed E-state index contributed by atoms with van der Waals surface area (Å²) >= 11 is 0. The van der Waals surface area contributed by atoms with E-state index in [1.807, 2.05) is 0 Å². The summed E-state index contributed by atoms with van der Waals surface area (Å²) in [4.78, 5) is 22.8. The summed E-state index contributed by atoms with van der Waals surface area (Å²) in [6, 6.07) is 6.84. The Morgan fingerprint density at radius 3 is 2.52 bits per heavy atom. The molecule has 6 nitrogen and oxygen atoms in total. The summed E-state index contributed by atoms with van der Waals surface area (Å²) in [7, 11) is 1.40. The van der Waals surface area contributed by atoms with Crippen LogP contribution in [0.2, 0.25) is 0 Å². The van der Waals surface area contributed by atoms with Gasteiger partial charge in [-0.05, 0) is 30.3 Å². The lowest BCUT2D eigenvalue weighted by Gasteiger charge is -2.07. The van der Waals surface area contributed by atoms with Crippen molar-refractivity contribution in [3.63, 3.8) is 0 Å². The van der Waals surface area contributed by atoms with Gasteiger partial charge in [0.15, 0.2) is 11.3 Å². The first-order valence-electron chi connectivity index (χ1n) is 6.93. The van der Waals surface area contributed by atoms with Crippen LogP contribution in [0.15, 0.2) is 34.7 Å². The van der Waals surface area contributed by atoms with Gasteiger partial charge in [-0.25, -0.2) is 0 Å². The molecule has 3 N–H and O–H groups in total. The number of furan rings is 1. The van der Waals surface area contributed by atoms with Crippen molar-refractivity contribution >= 4 is 39.4 Å². The van der Waals surface area contributed by atoms with E-state index in [4.69, 9.17) is 14.9 Å². The minimum absolute atomic E-state index is 0.101. The molecule has 0 spiro atoms. The SMILES string of the molecule is COc1ccc(C(N)=O)c2c1oc1ccc(NC(=O)C(F)(F)F)cc12. The molecule has 0 saturated carbocycles. The van der Waals surface area contributed by atoms with Crippen LogP contribution in [-0.2, 0) is 4.79 Å². The number of nitrogens with two attached hydrogens (primary N) is 1. The molecular formula is C16H11F3N2O4. The van der Waals surface area contributed by atoms with Gasteiger partial charge in [-0.1, -0.05) is 0 Å². The molecule has 2 amide bonds. The monoisotopic (exact) mass is 352 g/mol. The summed E-state index contributed by atoms with van der Waals surface area (Å²) in [6.45, 7) is 0. The van der Waals surface area contributed by atoms with Gasteiger partial charge in [0.05, 0.1) is 12.7 Å². The first kappa shape index (κ1) is 16.6. The predicted octanol–water partition coefficient (Wildman–Crippen LogP) is 3.19. The summed E-state index contributed by atoms with van der Waals surface area (Å²) < 4.78 is 48.0. The van der Waals surface area contributed by atoms with Crippen LogP contribution in [0.25, 0.3) is 21.9 Å². The van der Waals surface area contributed by atoms with Gasteiger partial charge in [0.1, 0.15) is 5.58 Å². The number of amides is 2.